The zero-order valence-electron chi connectivity index (χ0n) is 15.7. The van der Waals surface area contributed by atoms with Crippen molar-refractivity contribution >= 4 is 22.9 Å². The fourth-order valence-electron chi connectivity index (χ4n) is 2.60. The van der Waals surface area contributed by atoms with E-state index in [2.05, 4.69) is 17.2 Å². The highest BCUT2D eigenvalue weighted by atomic mass is 32.1. The molecule has 148 valence electrons. The Labute approximate surface area is 160 Å². The average Bonchev–Trinajstić information content (AvgIpc) is 2.99. The lowest BCUT2D eigenvalue weighted by molar-refractivity contribution is -0.141. The van der Waals surface area contributed by atoms with E-state index in [0.29, 0.717) is 17.0 Å². The Morgan fingerprint density at radius 3 is 2.67 bits per heavy atom. The Kier molecular flexibility index (Phi) is 6.86. The van der Waals surface area contributed by atoms with E-state index in [0.717, 1.165) is 30.6 Å². The number of benzene rings is 1. The molecule has 0 spiro atoms. The number of hydrogen-bond donors (Lipinski definition) is 1. The van der Waals surface area contributed by atoms with Crippen molar-refractivity contribution in [2.45, 2.75) is 59.2 Å². The van der Waals surface area contributed by atoms with E-state index in [1.165, 1.54) is 6.92 Å². The second kappa shape index (κ2) is 8.73. The third-order valence-electron chi connectivity index (χ3n) is 4.03. The number of aryl methyl sites for hydroxylation is 1. The molecule has 0 aliphatic heterocycles. The third kappa shape index (κ3) is 5.45. The van der Waals surface area contributed by atoms with Gasteiger partial charge in [0, 0.05) is 11.3 Å². The van der Waals surface area contributed by atoms with E-state index in [1.807, 2.05) is 6.92 Å². The maximum absolute atomic E-state index is 13.1. The molecule has 1 N–H and O–H groups in total. The van der Waals surface area contributed by atoms with E-state index < -0.39 is 22.7 Å². The van der Waals surface area contributed by atoms with Crippen molar-refractivity contribution < 1.29 is 22.7 Å². The van der Waals surface area contributed by atoms with Gasteiger partial charge in [-0.05, 0) is 39.3 Å². The second-order valence-electron chi connectivity index (χ2n) is 6.36. The number of carbonyl (C=O) groups excluding carboxylic acids is 1. The number of amides is 1. The summed E-state index contributed by atoms with van der Waals surface area (Å²) in [5, 5.41) is 2.75. The predicted molar refractivity (Wildman–Crippen MR) is 101 cm³/mol. The van der Waals surface area contributed by atoms with Crippen LogP contribution in [-0.4, -0.2) is 17.0 Å². The number of halogens is 3. The first-order valence-corrected chi connectivity index (χ1v) is 9.57. The number of nitrogens with zero attached hydrogens (tertiary/aromatic N) is 1. The summed E-state index contributed by atoms with van der Waals surface area (Å²) in [6, 6.07) is 5.12. The Balaban J connectivity index is 2.21. The standard InChI is InChI=1S/C19H23F3N2O2S/c1-5-6-8-11(2)26-15-10-7-9-14(12(15)3)24-18(25)16-17(19(20,21)22)23-13(4)27-16/h7,9-11H,5-6,8H2,1-4H3,(H,24,25). The lowest BCUT2D eigenvalue weighted by atomic mass is 10.1. The number of anilines is 1. The molecule has 1 aromatic heterocycles. The van der Waals surface area contributed by atoms with E-state index in [9.17, 15) is 18.0 Å². The summed E-state index contributed by atoms with van der Waals surface area (Å²) in [6.45, 7) is 7.27. The average molecular weight is 400 g/mol. The normalized spacial score (nSPS) is 12.7. The SMILES string of the molecule is CCCCC(C)Oc1cccc(NC(=O)c2sc(C)nc2C(F)(F)F)c1C. The molecule has 0 fully saturated rings. The lowest BCUT2D eigenvalue weighted by Crippen LogP contribution is -2.18. The van der Waals surface area contributed by atoms with Crippen LogP contribution < -0.4 is 10.1 Å². The highest BCUT2D eigenvalue weighted by molar-refractivity contribution is 7.13. The molecule has 1 heterocycles. The molecule has 0 radical (unpaired) electrons. The van der Waals surface area contributed by atoms with E-state index in [4.69, 9.17) is 4.74 Å². The van der Waals surface area contributed by atoms with Gasteiger partial charge in [0.25, 0.3) is 5.91 Å². The van der Waals surface area contributed by atoms with Crippen LogP contribution in [-0.2, 0) is 6.18 Å². The summed E-state index contributed by atoms with van der Waals surface area (Å²) in [6.07, 6.45) is -1.65. The molecular formula is C19H23F3N2O2S. The number of unbranched alkanes of at least 4 members (excludes halogenated alkanes) is 1. The molecule has 1 atom stereocenters. The molecule has 27 heavy (non-hydrogen) atoms. The zero-order chi connectivity index (χ0) is 20.2. The summed E-state index contributed by atoms with van der Waals surface area (Å²) >= 11 is 0.724. The van der Waals surface area contributed by atoms with Gasteiger partial charge in [0.1, 0.15) is 10.6 Å². The molecule has 1 aromatic carbocycles. The van der Waals surface area contributed by atoms with E-state index in [-0.39, 0.29) is 11.1 Å². The van der Waals surface area contributed by atoms with Gasteiger partial charge in [-0.25, -0.2) is 4.98 Å². The number of carbonyl (C=O) groups is 1. The van der Waals surface area contributed by atoms with Crippen LogP contribution in [0.15, 0.2) is 18.2 Å². The Morgan fingerprint density at radius 1 is 1.33 bits per heavy atom. The minimum absolute atomic E-state index is 0.00980. The van der Waals surface area contributed by atoms with Gasteiger partial charge in [-0.3, -0.25) is 4.79 Å². The summed E-state index contributed by atoms with van der Waals surface area (Å²) in [5.74, 6) is -0.222. The van der Waals surface area contributed by atoms with Gasteiger partial charge < -0.3 is 10.1 Å². The molecule has 0 saturated carbocycles. The van der Waals surface area contributed by atoms with Gasteiger partial charge in [0.2, 0.25) is 0 Å². The number of thiazole rings is 1. The predicted octanol–water partition coefficient (Wildman–Crippen LogP) is 5.99. The van der Waals surface area contributed by atoms with Crippen molar-refractivity contribution in [1.29, 1.82) is 0 Å². The molecule has 0 aliphatic carbocycles. The van der Waals surface area contributed by atoms with Crippen molar-refractivity contribution in [3.05, 3.63) is 39.3 Å². The monoisotopic (exact) mass is 400 g/mol. The highest BCUT2D eigenvalue weighted by Crippen LogP contribution is 2.35. The number of rotatable bonds is 7. The zero-order valence-corrected chi connectivity index (χ0v) is 16.6. The molecule has 2 aromatic rings. The fraction of sp³-hybridized carbons (Fsp3) is 0.474. The number of aromatic nitrogens is 1. The summed E-state index contributed by atoms with van der Waals surface area (Å²) in [4.78, 5) is 15.5. The minimum atomic E-state index is -4.67. The van der Waals surface area contributed by atoms with Crippen LogP contribution in [0.5, 0.6) is 5.75 Å². The van der Waals surface area contributed by atoms with Crippen LogP contribution in [0.4, 0.5) is 18.9 Å². The van der Waals surface area contributed by atoms with Gasteiger partial charge in [0.15, 0.2) is 5.69 Å². The first-order chi connectivity index (χ1) is 12.6. The quantitative estimate of drug-likeness (QED) is 0.621. The van der Waals surface area contributed by atoms with Crippen LogP contribution in [0.1, 0.15) is 59.0 Å². The number of ether oxygens (including phenoxy) is 1. The molecule has 0 saturated heterocycles. The molecular weight excluding hydrogens is 377 g/mol. The molecule has 4 nitrogen and oxygen atoms in total. The summed E-state index contributed by atoms with van der Waals surface area (Å²) in [5.41, 5.74) is -0.0656. The highest BCUT2D eigenvalue weighted by Gasteiger charge is 2.39. The first kappa shape index (κ1) is 21.2. The first-order valence-electron chi connectivity index (χ1n) is 8.75. The van der Waals surface area contributed by atoms with Crippen LogP contribution in [0.3, 0.4) is 0 Å². The van der Waals surface area contributed by atoms with Crippen molar-refractivity contribution in [2.24, 2.45) is 0 Å². The minimum Gasteiger partial charge on any atom is -0.490 e. The maximum Gasteiger partial charge on any atom is 0.435 e. The molecule has 1 amide bonds. The van der Waals surface area contributed by atoms with Crippen molar-refractivity contribution in [1.82, 2.24) is 4.98 Å². The third-order valence-corrected chi connectivity index (χ3v) is 5.00. The van der Waals surface area contributed by atoms with Gasteiger partial charge >= 0.3 is 6.18 Å². The molecule has 8 heteroatoms. The molecule has 1 unspecified atom stereocenters. The van der Waals surface area contributed by atoms with E-state index in [1.54, 1.807) is 25.1 Å². The fourth-order valence-corrected chi connectivity index (χ4v) is 3.43. The van der Waals surface area contributed by atoms with Gasteiger partial charge in [-0.15, -0.1) is 11.3 Å². The Bertz CT molecular complexity index is 803. The summed E-state index contributed by atoms with van der Waals surface area (Å²) < 4.78 is 45.2. The van der Waals surface area contributed by atoms with Gasteiger partial charge in [0.05, 0.1) is 11.1 Å². The van der Waals surface area contributed by atoms with Crippen LogP contribution in [0, 0.1) is 13.8 Å². The molecule has 0 bridgehead atoms. The van der Waals surface area contributed by atoms with Crippen LogP contribution in [0.25, 0.3) is 0 Å². The van der Waals surface area contributed by atoms with Crippen LogP contribution in [0.2, 0.25) is 0 Å². The van der Waals surface area contributed by atoms with E-state index >= 15 is 0 Å². The number of hydrogen-bond acceptors (Lipinski definition) is 4. The van der Waals surface area contributed by atoms with Gasteiger partial charge in [-0.2, -0.15) is 13.2 Å². The summed E-state index contributed by atoms with van der Waals surface area (Å²) in [7, 11) is 0. The van der Waals surface area contributed by atoms with Gasteiger partial charge in [-0.1, -0.05) is 25.8 Å². The lowest BCUT2D eigenvalue weighted by Gasteiger charge is -2.18. The molecule has 0 aliphatic rings. The smallest absolute Gasteiger partial charge is 0.435 e. The van der Waals surface area contributed by atoms with Crippen molar-refractivity contribution in [3.63, 3.8) is 0 Å². The van der Waals surface area contributed by atoms with Crippen LogP contribution >= 0.6 is 11.3 Å². The second-order valence-corrected chi connectivity index (χ2v) is 7.57. The van der Waals surface area contributed by atoms with Crippen molar-refractivity contribution in [3.8, 4) is 5.75 Å². The number of nitrogens with one attached hydrogen (secondary N) is 1. The largest absolute Gasteiger partial charge is 0.490 e. The Morgan fingerprint density at radius 2 is 2.04 bits per heavy atom. The maximum atomic E-state index is 13.1. The molecule has 2 rings (SSSR count). The van der Waals surface area contributed by atoms with Crippen molar-refractivity contribution in [2.75, 3.05) is 5.32 Å². The Hall–Kier alpha value is -2.09. The number of alkyl halides is 3. The topological polar surface area (TPSA) is 51.2 Å².